The van der Waals surface area contributed by atoms with Crippen molar-refractivity contribution in [2.45, 2.75) is 0 Å². The molecule has 0 radical (unpaired) electrons. The van der Waals surface area contributed by atoms with Gasteiger partial charge in [0.15, 0.2) is 0 Å². The van der Waals surface area contributed by atoms with Gasteiger partial charge in [-0.25, -0.2) is 13.4 Å². The molecule has 0 aromatic heterocycles. The van der Waals surface area contributed by atoms with E-state index in [1.807, 2.05) is 0 Å². The molecule has 0 aliphatic rings. The maximum absolute atomic E-state index is 13.1. The number of methoxy groups -OCH3 is 1. The van der Waals surface area contributed by atoms with Crippen molar-refractivity contribution >= 4 is 15.6 Å². The third kappa shape index (κ3) is 2.88. The quantitative estimate of drug-likeness (QED) is 0.813. The van der Waals surface area contributed by atoms with E-state index in [1.165, 1.54) is 31.6 Å². The normalized spacial score (nSPS) is 14.5. The zero-order valence-corrected chi connectivity index (χ0v) is 8.65. The molecule has 1 unspecified atom stereocenters. The molecule has 0 aliphatic heterocycles. The standard InChI is InChI=1S/C8H11FN2O2S/c1-13-6-3-4-7(9)8(5-6)11-14(2,10)12/h3-5H,1-2H3,(H2,10,11,12). The Balaban J connectivity index is 3.07. The molecular weight excluding hydrogens is 207 g/mol. The number of hydrogen-bond donors (Lipinski definition) is 2. The average Bonchev–Trinajstić information content (AvgIpc) is 2.06. The summed E-state index contributed by atoms with van der Waals surface area (Å²) in [6, 6.07) is 3.99. The van der Waals surface area contributed by atoms with Gasteiger partial charge in [0.2, 0.25) is 0 Å². The Kier molecular flexibility index (Phi) is 2.95. The molecule has 1 rings (SSSR count). The minimum absolute atomic E-state index is 0.00634. The fraction of sp³-hybridized carbons (Fsp3) is 0.250. The van der Waals surface area contributed by atoms with Crippen molar-refractivity contribution in [2.75, 3.05) is 18.1 Å². The molecule has 0 saturated heterocycles. The molecule has 0 heterocycles. The smallest absolute Gasteiger partial charge is 0.147 e. The van der Waals surface area contributed by atoms with E-state index in [4.69, 9.17) is 9.52 Å². The van der Waals surface area contributed by atoms with Crippen LogP contribution in [0.2, 0.25) is 0 Å². The second kappa shape index (κ2) is 3.83. The molecule has 0 spiro atoms. The molecule has 0 saturated carbocycles. The highest BCUT2D eigenvalue weighted by molar-refractivity contribution is 7.93. The zero-order valence-electron chi connectivity index (χ0n) is 7.83. The van der Waals surface area contributed by atoms with Gasteiger partial charge in [-0.3, -0.25) is 4.72 Å². The number of hydrogen-bond acceptors (Lipinski definition) is 3. The number of benzene rings is 1. The van der Waals surface area contributed by atoms with Crippen LogP contribution in [0.25, 0.3) is 0 Å². The van der Waals surface area contributed by atoms with Crippen molar-refractivity contribution in [3.63, 3.8) is 0 Å². The Hall–Kier alpha value is -1.30. The summed E-state index contributed by atoms with van der Waals surface area (Å²) in [6.07, 6.45) is 1.17. The van der Waals surface area contributed by atoms with E-state index in [1.54, 1.807) is 0 Å². The molecule has 0 amide bonds. The lowest BCUT2D eigenvalue weighted by atomic mass is 10.3. The van der Waals surface area contributed by atoms with E-state index in [9.17, 15) is 8.60 Å². The third-order valence-corrected chi connectivity index (χ3v) is 2.09. The van der Waals surface area contributed by atoms with Crippen molar-refractivity contribution in [1.29, 1.82) is 4.78 Å². The predicted molar refractivity (Wildman–Crippen MR) is 53.4 cm³/mol. The van der Waals surface area contributed by atoms with Gasteiger partial charge in [0, 0.05) is 12.3 Å². The fourth-order valence-electron chi connectivity index (χ4n) is 0.919. The van der Waals surface area contributed by atoms with Gasteiger partial charge in [-0.05, 0) is 12.1 Å². The Morgan fingerprint density at radius 3 is 2.71 bits per heavy atom. The molecule has 1 aromatic rings. The molecule has 2 N–H and O–H groups in total. The highest BCUT2D eigenvalue weighted by Gasteiger charge is 2.06. The van der Waals surface area contributed by atoms with Gasteiger partial charge in [-0.15, -0.1) is 0 Å². The maximum Gasteiger partial charge on any atom is 0.147 e. The Morgan fingerprint density at radius 2 is 2.21 bits per heavy atom. The number of nitrogens with one attached hydrogen (secondary N) is 2. The summed E-state index contributed by atoms with van der Waals surface area (Å²) in [7, 11) is -1.52. The first-order chi connectivity index (χ1) is 6.42. The van der Waals surface area contributed by atoms with Gasteiger partial charge >= 0.3 is 0 Å². The highest BCUT2D eigenvalue weighted by Crippen LogP contribution is 2.21. The second-order valence-electron chi connectivity index (χ2n) is 2.79. The summed E-state index contributed by atoms with van der Waals surface area (Å²) in [5.41, 5.74) is 0.00634. The number of rotatable bonds is 3. The topological polar surface area (TPSA) is 62.2 Å². The first-order valence-electron chi connectivity index (χ1n) is 3.77. The Bertz CT molecular complexity index is 431. The molecule has 0 bridgehead atoms. The minimum atomic E-state index is -2.97. The summed E-state index contributed by atoms with van der Waals surface area (Å²) in [6.45, 7) is 0. The summed E-state index contributed by atoms with van der Waals surface area (Å²) in [5.74, 6) is -0.120. The van der Waals surface area contributed by atoms with Crippen molar-refractivity contribution in [3.8, 4) is 5.75 Å². The molecule has 0 aliphatic carbocycles. The van der Waals surface area contributed by atoms with E-state index in [0.717, 1.165) is 0 Å². The van der Waals surface area contributed by atoms with Crippen LogP contribution in [-0.2, 0) is 9.92 Å². The summed E-state index contributed by atoms with van der Waals surface area (Å²) < 4.78 is 38.4. The van der Waals surface area contributed by atoms with Gasteiger partial charge in [0.05, 0.1) is 12.8 Å². The van der Waals surface area contributed by atoms with Crippen molar-refractivity contribution in [1.82, 2.24) is 0 Å². The lowest BCUT2D eigenvalue weighted by molar-refractivity contribution is 0.414. The Morgan fingerprint density at radius 1 is 1.57 bits per heavy atom. The molecule has 6 heteroatoms. The molecule has 1 aromatic carbocycles. The van der Waals surface area contributed by atoms with E-state index >= 15 is 0 Å². The fourth-order valence-corrected chi connectivity index (χ4v) is 1.50. The second-order valence-corrected chi connectivity index (χ2v) is 4.68. The van der Waals surface area contributed by atoms with E-state index in [2.05, 4.69) is 4.72 Å². The van der Waals surface area contributed by atoms with Crippen molar-refractivity contribution in [3.05, 3.63) is 24.0 Å². The van der Waals surface area contributed by atoms with Crippen molar-refractivity contribution in [2.24, 2.45) is 0 Å². The van der Waals surface area contributed by atoms with Crippen LogP contribution in [-0.4, -0.2) is 17.6 Å². The molecule has 4 nitrogen and oxygen atoms in total. The summed E-state index contributed by atoms with van der Waals surface area (Å²) in [4.78, 5) is 0. The molecule has 78 valence electrons. The predicted octanol–water partition coefficient (Wildman–Crippen LogP) is 1.84. The lowest BCUT2D eigenvalue weighted by Gasteiger charge is -2.08. The van der Waals surface area contributed by atoms with E-state index < -0.39 is 15.7 Å². The van der Waals surface area contributed by atoms with Crippen LogP contribution in [0.15, 0.2) is 18.2 Å². The molecular formula is C8H11FN2O2S. The van der Waals surface area contributed by atoms with Gasteiger partial charge in [0.25, 0.3) is 0 Å². The SMILES string of the molecule is COc1ccc(F)c(NS(C)(=N)=O)c1. The largest absolute Gasteiger partial charge is 0.497 e. The first-order valence-corrected chi connectivity index (χ1v) is 5.74. The van der Waals surface area contributed by atoms with E-state index in [-0.39, 0.29) is 5.69 Å². The first kappa shape index (κ1) is 10.8. The molecule has 0 fully saturated rings. The van der Waals surface area contributed by atoms with Gasteiger partial charge in [-0.1, -0.05) is 0 Å². The van der Waals surface area contributed by atoms with Gasteiger partial charge < -0.3 is 4.74 Å². The number of ether oxygens (including phenoxy) is 1. The van der Waals surface area contributed by atoms with Gasteiger partial charge in [-0.2, -0.15) is 0 Å². The molecule has 14 heavy (non-hydrogen) atoms. The average molecular weight is 218 g/mol. The van der Waals surface area contributed by atoms with Crippen LogP contribution in [0.3, 0.4) is 0 Å². The van der Waals surface area contributed by atoms with Crippen LogP contribution in [0.5, 0.6) is 5.75 Å². The van der Waals surface area contributed by atoms with Crippen LogP contribution in [0, 0.1) is 10.6 Å². The van der Waals surface area contributed by atoms with Gasteiger partial charge in [0.1, 0.15) is 21.5 Å². The lowest BCUT2D eigenvalue weighted by Crippen LogP contribution is -2.09. The third-order valence-electron chi connectivity index (χ3n) is 1.48. The van der Waals surface area contributed by atoms with Crippen LogP contribution in [0.4, 0.5) is 10.1 Å². The van der Waals surface area contributed by atoms with E-state index in [0.29, 0.717) is 5.75 Å². The highest BCUT2D eigenvalue weighted by atomic mass is 32.2. The summed E-state index contributed by atoms with van der Waals surface area (Å²) >= 11 is 0. The zero-order chi connectivity index (χ0) is 10.8. The van der Waals surface area contributed by atoms with Crippen LogP contribution >= 0.6 is 0 Å². The van der Waals surface area contributed by atoms with Crippen molar-refractivity contribution < 1.29 is 13.3 Å². The van der Waals surface area contributed by atoms with Crippen LogP contribution < -0.4 is 9.46 Å². The van der Waals surface area contributed by atoms with Crippen LogP contribution in [0.1, 0.15) is 0 Å². The monoisotopic (exact) mass is 218 g/mol. The Labute approximate surface area is 82.2 Å². The number of anilines is 1. The maximum atomic E-state index is 13.1. The molecule has 1 atom stereocenters. The summed E-state index contributed by atoms with van der Waals surface area (Å²) in [5, 5.41) is 0. The minimum Gasteiger partial charge on any atom is -0.497 e. The number of halogens is 1.